The molecule has 5 heteroatoms. The molecule has 5 nitrogen and oxygen atoms in total. The van der Waals surface area contributed by atoms with Crippen LogP contribution in [0.3, 0.4) is 0 Å². The molecular formula is C34H63N3O2. The number of carbonyl (C=O) groups excluding carboxylic acids is 2. The van der Waals surface area contributed by atoms with E-state index in [0.717, 1.165) is 51.5 Å². The summed E-state index contributed by atoms with van der Waals surface area (Å²) in [6.07, 6.45) is 21.1. The number of nitrogens with one attached hydrogen (secondary N) is 2. The van der Waals surface area contributed by atoms with Gasteiger partial charge in [-0.15, -0.1) is 6.58 Å². The summed E-state index contributed by atoms with van der Waals surface area (Å²) in [5, 5.41) is 6.29. The molecule has 3 unspecified atom stereocenters. The number of nitrogens with zero attached hydrogens (tertiary/aromatic N) is 1. The normalized spacial score (nSPS) is 25.3. The fourth-order valence-corrected chi connectivity index (χ4v) is 6.93. The quantitative estimate of drug-likeness (QED) is 0.0878. The topological polar surface area (TPSA) is 61.4 Å². The third-order valence-corrected chi connectivity index (χ3v) is 9.88. The Labute approximate surface area is 242 Å². The first-order chi connectivity index (χ1) is 18.5. The average Bonchev–Trinajstić information content (AvgIpc) is 2.97. The largest absolute Gasteiger partial charge is 0.355 e. The Hall–Kier alpha value is -1.62. The monoisotopic (exact) mass is 545 g/mol. The maximum atomic E-state index is 13.6. The second-order valence-corrected chi connectivity index (χ2v) is 13.0. The van der Waals surface area contributed by atoms with Crippen molar-refractivity contribution < 1.29 is 9.59 Å². The molecule has 1 aliphatic heterocycles. The number of carbonyl (C=O) groups is 2. The zero-order valence-electron chi connectivity index (χ0n) is 26.7. The van der Waals surface area contributed by atoms with Gasteiger partial charge in [0, 0.05) is 18.7 Å². The van der Waals surface area contributed by atoms with E-state index in [-0.39, 0.29) is 22.6 Å². The van der Waals surface area contributed by atoms with Gasteiger partial charge in [-0.05, 0) is 83.8 Å². The van der Waals surface area contributed by atoms with Crippen LogP contribution in [-0.2, 0) is 9.59 Å². The lowest BCUT2D eigenvalue weighted by Crippen LogP contribution is -2.53. The van der Waals surface area contributed by atoms with Crippen molar-refractivity contribution in [1.82, 2.24) is 15.5 Å². The molecule has 0 aromatic heterocycles. The molecule has 226 valence electrons. The maximum absolute atomic E-state index is 13.6. The lowest BCUT2D eigenvalue weighted by Gasteiger charge is -2.56. The smallest absolute Gasteiger partial charge is 0.246 e. The van der Waals surface area contributed by atoms with E-state index in [1.54, 1.807) is 6.92 Å². The van der Waals surface area contributed by atoms with Gasteiger partial charge in [-0.3, -0.25) is 9.59 Å². The van der Waals surface area contributed by atoms with E-state index in [4.69, 9.17) is 0 Å². The summed E-state index contributed by atoms with van der Waals surface area (Å²) in [7, 11) is 4.27. The molecule has 0 spiro atoms. The molecule has 1 fully saturated rings. The number of unbranched alkanes of at least 4 members (excludes halogenated alkanes) is 9. The van der Waals surface area contributed by atoms with E-state index in [9.17, 15) is 9.59 Å². The number of hydrogen-bond acceptors (Lipinski definition) is 3. The van der Waals surface area contributed by atoms with Crippen molar-refractivity contribution in [2.75, 3.05) is 33.7 Å². The van der Waals surface area contributed by atoms with Crippen LogP contribution in [0.25, 0.3) is 0 Å². The zero-order valence-corrected chi connectivity index (χ0v) is 26.7. The van der Waals surface area contributed by atoms with Gasteiger partial charge in [0.2, 0.25) is 11.8 Å². The minimum absolute atomic E-state index is 0.0155. The van der Waals surface area contributed by atoms with Crippen LogP contribution in [0.5, 0.6) is 0 Å². The van der Waals surface area contributed by atoms with E-state index in [2.05, 4.69) is 63.6 Å². The van der Waals surface area contributed by atoms with Crippen LogP contribution < -0.4 is 10.6 Å². The average molecular weight is 546 g/mol. The summed E-state index contributed by atoms with van der Waals surface area (Å²) in [5.41, 5.74) is -0.321. The Morgan fingerprint density at radius 1 is 0.949 bits per heavy atom. The Morgan fingerprint density at radius 3 is 2.05 bits per heavy atom. The second kappa shape index (κ2) is 17.9. The predicted molar refractivity (Wildman–Crippen MR) is 168 cm³/mol. The molecule has 2 amide bonds. The minimum atomic E-state index is -0.637. The summed E-state index contributed by atoms with van der Waals surface area (Å²) >= 11 is 0. The van der Waals surface area contributed by atoms with Crippen molar-refractivity contribution in [3.8, 4) is 0 Å². The van der Waals surface area contributed by atoms with Gasteiger partial charge in [0.15, 0.2) is 0 Å². The van der Waals surface area contributed by atoms with Crippen LogP contribution in [-0.4, -0.2) is 50.4 Å². The fourth-order valence-electron chi connectivity index (χ4n) is 6.93. The van der Waals surface area contributed by atoms with E-state index < -0.39 is 5.41 Å². The van der Waals surface area contributed by atoms with Gasteiger partial charge >= 0.3 is 0 Å². The standard InChI is InChI=1S/C34H63N3O2/c1-9-11-12-13-14-15-16-17-18-19-22-33(6)32(5,10-2)31(39)36-27-25-34(33,24-21-28-37(7)8)23-20-26-35-30(38)29(3)4/h10H,2-3,9,11-28H2,1,4-8H3,(H,35,38)(H,36,39). The minimum Gasteiger partial charge on any atom is -0.355 e. The van der Waals surface area contributed by atoms with Crippen molar-refractivity contribution in [2.24, 2.45) is 16.2 Å². The highest BCUT2D eigenvalue weighted by molar-refractivity contribution is 5.92. The molecule has 39 heavy (non-hydrogen) atoms. The van der Waals surface area contributed by atoms with Crippen LogP contribution in [0.2, 0.25) is 0 Å². The van der Waals surface area contributed by atoms with Gasteiger partial charge in [-0.25, -0.2) is 0 Å². The highest BCUT2D eigenvalue weighted by Crippen LogP contribution is 2.62. The van der Waals surface area contributed by atoms with Crippen LogP contribution in [0.1, 0.15) is 130 Å². The van der Waals surface area contributed by atoms with Crippen LogP contribution in [0.4, 0.5) is 0 Å². The predicted octanol–water partition coefficient (Wildman–Crippen LogP) is 7.82. The lowest BCUT2D eigenvalue weighted by atomic mass is 9.47. The van der Waals surface area contributed by atoms with Crippen molar-refractivity contribution in [1.29, 1.82) is 0 Å². The van der Waals surface area contributed by atoms with Gasteiger partial charge in [0.25, 0.3) is 0 Å². The van der Waals surface area contributed by atoms with Gasteiger partial charge < -0.3 is 15.5 Å². The van der Waals surface area contributed by atoms with E-state index in [1.807, 2.05) is 6.08 Å². The molecule has 3 atom stereocenters. The third-order valence-electron chi connectivity index (χ3n) is 9.88. The van der Waals surface area contributed by atoms with Gasteiger partial charge in [-0.2, -0.15) is 0 Å². The van der Waals surface area contributed by atoms with Crippen molar-refractivity contribution in [3.63, 3.8) is 0 Å². The van der Waals surface area contributed by atoms with E-state index in [1.165, 1.54) is 57.8 Å². The lowest BCUT2D eigenvalue weighted by molar-refractivity contribution is -0.140. The SMILES string of the molecule is C=CC1(C)C(=O)NCCC(CCCNC(=O)C(=C)C)(CCCN(C)C)C1(C)CCCCCCCCCCCC. The highest BCUT2D eigenvalue weighted by atomic mass is 16.2. The zero-order chi connectivity index (χ0) is 29.4. The van der Waals surface area contributed by atoms with Gasteiger partial charge in [0.1, 0.15) is 0 Å². The Kier molecular flexibility index (Phi) is 16.3. The first-order valence-electron chi connectivity index (χ1n) is 16.0. The Balaban J connectivity index is 3.06. The molecule has 1 heterocycles. The molecule has 2 N–H and O–H groups in total. The van der Waals surface area contributed by atoms with E-state index in [0.29, 0.717) is 18.7 Å². The van der Waals surface area contributed by atoms with Crippen molar-refractivity contribution in [2.45, 2.75) is 130 Å². The molecule has 0 saturated carbocycles. The summed E-state index contributed by atoms with van der Waals surface area (Å²) < 4.78 is 0. The Morgan fingerprint density at radius 2 is 1.51 bits per heavy atom. The van der Waals surface area contributed by atoms with Gasteiger partial charge in [-0.1, -0.05) is 90.7 Å². The number of amides is 2. The first-order valence-corrected chi connectivity index (χ1v) is 16.0. The molecular weight excluding hydrogens is 482 g/mol. The number of rotatable bonds is 21. The van der Waals surface area contributed by atoms with Crippen LogP contribution in [0.15, 0.2) is 24.8 Å². The highest BCUT2D eigenvalue weighted by Gasteiger charge is 2.59. The maximum Gasteiger partial charge on any atom is 0.246 e. The van der Waals surface area contributed by atoms with Crippen LogP contribution >= 0.6 is 0 Å². The van der Waals surface area contributed by atoms with Crippen LogP contribution in [0, 0.1) is 16.2 Å². The molecule has 0 aliphatic carbocycles. The fraction of sp³-hybridized carbons (Fsp3) is 0.824. The molecule has 0 bridgehead atoms. The summed E-state index contributed by atoms with van der Waals surface area (Å²) in [4.78, 5) is 28.0. The summed E-state index contributed by atoms with van der Waals surface area (Å²) in [5.74, 6) is 0.0515. The molecule has 1 saturated heterocycles. The number of hydrogen-bond donors (Lipinski definition) is 2. The Bertz CT molecular complexity index is 764. The van der Waals surface area contributed by atoms with Crippen molar-refractivity contribution >= 4 is 11.8 Å². The molecule has 0 aromatic carbocycles. The summed E-state index contributed by atoms with van der Waals surface area (Å²) in [6, 6.07) is 0. The summed E-state index contributed by atoms with van der Waals surface area (Å²) in [6.45, 7) is 18.9. The second-order valence-electron chi connectivity index (χ2n) is 13.0. The third kappa shape index (κ3) is 10.4. The molecule has 0 aromatic rings. The van der Waals surface area contributed by atoms with Crippen molar-refractivity contribution in [3.05, 3.63) is 24.8 Å². The first kappa shape index (κ1) is 35.4. The van der Waals surface area contributed by atoms with E-state index >= 15 is 0 Å². The molecule has 1 aliphatic rings. The molecule has 1 rings (SSSR count). The van der Waals surface area contributed by atoms with Gasteiger partial charge in [0.05, 0.1) is 5.41 Å². The molecule has 0 radical (unpaired) electrons.